The monoisotopic (exact) mass is 361 g/mol. The number of nitrogens with zero attached hydrogens (tertiary/aromatic N) is 9. The van der Waals surface area contributed by atoms with Crippen LogP contribution in [-0.4, -0.2) is 49.5 Å². The molecule has 3 aromatic rings. The Morgan fingerprint density at radius 2 is 2.11 bits per heavy atom. The molecule has 0 aliphatic carbocycles. The van der Waals surface area contributed by atoms with Crippen LogP contribution in [0.4, 0.5) is 5.82 Å². The molecule has 2 unspecified atom stereocenters. The number of hydrogen-bond donors (Lipinski definition) is 0. The van der Waals surface area contributed by atoms with E-state index in [1.807, 2.05) is 36.0 Å². The highest BCUT2D eigenvalue weighted by atomic mass is 15.9. The molecular formula is C18H19N9. The lowest BCUT2D eigenvalue weighted by Crippen LogP contribution is -2.49. The number of likely N-dealkylation sites (tertiary alicyclic amines) is 1. The van der Waals surface area contributed by atoms with Crippen LogP contribution in [0.25, 0.3) is 5.69 Å². The minimum absolute atomic E-state index is 0.132. The van der Waals surface area contributed by atoms with E-state index in [-0.39, 0.29) is 6.17 Å². The summed E-state index contributed by atoms with van der Waals surface area (Å²) in [6, 6.07) is 8.62. The van der Waals surface area contributed by atoms with Gasteiger partial charge in [-0.2, -0.15) is 5.12 Å². The summed E-state index contributed by atoms with van der Waals surface area (Å²) in [4.78, 5) is 13.2. The Bertz CT molecular complexity index is 1030. The van der Waals surface area contributed by atoms with Crippen LogP contribution in [0.5, 0.6) is 0 Å². The van der Waals surface area contributed by atoms with Gasteiger partial charge >= 0.3 is 0 Å². The molecule has 0 saturated carbocycles. The van der Waals surface area contributed by atoms with Crippen molar-refractivity contribution >= 4 is 12.2 Å². The largest absolute Gasteiger partial charge is 0.298 e. The molecule has 0 spiro atoms. The molecule has 9 heteroatoms. The summed E-state index contributed by atoms with van der Waals surface area (Å²) in [6.07, 6.45) is 9.68. The van der Waals surface area contributed by atoms with Gasteiger partial charge in [0.15, 0.2) is 12.0 Å². The van der Waals surface area contributed by atoms with Crippen LogP contribution in [0.1, 0.15) is 36.3 Å². The second-order valence-electron chi connectivity index (χ2n) is 7.19. The van der Waals surface area contributed by atoms with E-state index >= 15 is 0 Å². The Kier molecular flexibility index (Phi) is 2.98. The Morgan fingerprint density at radius 1 is 1.19 bits per heavy atom. The molecule has 2 aromatic heterocycles. The molecule has 5 heterocycles. The molecular weight excluding hydrogens is 342 g/mol. The number of para-hydroxylation sites is 1. The van der Waals surface area contributed by atoms with Crippen LogP contribution >= 0.6 is 0 Å². The fourth-order valence-corrected chi connectivity index (χ4v) is 4.32. The summed E-state index contributed by atoms with van der Waals surface area (Å²) in [5.41, 5.74) is 3.24. The number of rotatable bonds is 2. The number of anilines is 1. The van der Waals surface area contributed by atoms with Crippen molar-refractivity contribution in [3.8, 4) is 5.69 Å². The topological polar surface area (TPSA) is 70.6 Å². The van der Waals surface area contributed by atoms with Crippen LogP contribution in [0, 0.1) is 0 Å². The van der Waals surface area contributed by atoms with Crippen molar-refractivity contribution in [2.45, 2.75) is 25.0 Å². The van der Waals surface area contributed by atoms with Gasteiger partial charge in [0, 0.05) is 5.56 Å². The van der Waals surface area contributed by atoms with Crippen LogP contribution < -0.4 is 10.1 Å². The molecule has 0 N–H and O–H groups in total. The number of aromatic nitrogens is 5. The maximum absolute atomic E-state index is 4.74. The molecule has 3 aliphatic heterocycles. The van der Waals surface area contributed by atoms with Crippen molar-refractivity contribution in [1.29, 1.82) is 0 Å². The third kappa shape index (κ3) is 2.02. The zero-order chi connectivity index (χ0) is 18.0. The van der Waals surface area contributed by atoms with Gasteiger partial charge in [-0.15, -0.1) is 9.89 Å². The zero-order valence-electron chi connectivity index (χ0n) is 14.9. The van der Waals surface area contributed by atoms with E-state index in [0.717, 1.165) is 35.7 Å². The number of hydrazine groups is 1. The van der Waals surface area contributed by atoms with Crippen molar-refractivity contribution in [2.24, 2.45) is 4.99 Å². The number of benzene rings is 1. The van der Waals surface area contributed by atoms with Gasteiger partial charge in [-0.05, 0) is 37.7 Å². The molecule has 6 rings (SSSR count). The summed E-state index contributed by atoms with van der Waals surface area (Å²) in [6.45, 7) is 1.10. The summed E-state index contributed by atoms with van der Waals surface area (Å²) < 4.78 is 2.08. The van der Waals surface area contributed by atoms with E-state index in [4.69, 9.17) is 4.99 Å². The van der Waals surface area contributed by atoms with Gasteiger partial charge in [0.1, 0.15) is 18.4 Å². The first kappa shape index (κ1) is 14.9. The number of hydrogen-bond acceptors (Lipinski definition) is 7. The molecule has 0 bridgehead atoms. The minimum Gasteiger partial charge on any atom is -0.298 e. The quantitative estimate of drug-likeness (QED) is 0.691. The Hall–Kier alpha value is -3.20. The maximum atomic E-state index is 4.74. The summed E-state index contributed by atoms with van der Waals surface area (Å²) >= 11 is 0. The van der Waals surface area contributed by atoms with Gasteiger partial charge in [-0.1, -0.05) is 18.2 Å². The van der Waals surface area contributed by atoms with E-state index < -0.39 is 0 Å². The Morgan fingerprint density at radius 3 is 3.00 bits per heavy atom. The summed E-state index contributed by atoms with van der Waals surface area (Å²) in [5, 5.41) is 12.8. The van der Waals surface area contributed by atoms with Gasteiger partial charge in [0.25, 0.3) is 0 Å². The lowest BCUT2D eigenvalue weighted by atomic mass is 10.1. The fraction of sp³-hybridized carbons (Fsp3) is 0.333. The van der Waals surface area contributed by atoms with Crippen LogP contribution in [-0.2, 0) is 0 Å². The SMILES string of the molecule is CN1CCCC1c1cn(N2C=NC3c4ccccc4-n4cncc4N32)nn1. The van der Waals surface area contributed by atoms with E-state index in [1.165, 1.54) is 6.42 Å². The van der Waals surface area contributed by atoms with E-state index in [1.54, 1.807) is 11.1 Å². The zero-order valence-corrected chi connectivity index (χ0v) is 14.9. The number of fused-ring (bicyclic) bond motifs is 6. The van der Waals surface area contributed by atoms with Crippen molar-refractivity contribution < 1.29 is 0 Å². The van der Waals surface area contributed by atoms with Gasteiger partial charge in [-0.25, -0.2) is 15.0 Å². The highest BCUT2D eigenvalue weighted by Gasteiger charge is 2.39. The van der Waals surface area contributed by atoms with Gasteiger partial charge in [0.2, 0.25) is 0 Å². The van der Waals surface area contributed by atoms with Crippen molar-refractivity contribution in [3.05, 3.63) is 54.2 Å². The van der Waals surface area contributed by atoms with Crippen molar-refractivity contribution in [1.82, 2.24) is 29.6 Å². The fourth-order valence-electron chi connectivity index (χ4n) is 4.32. The van der Waals surface area contributed by atoms with Crippen LogP contribution in [0.2, 0.25) is 0 Å². The Labute approximate surface area is 156 Å². The van der Waals surface area contributed by atoms with Gasteiger partial charge in [0.05, 0.1) is 24.1 Å². The third-order valence-electron chi connectivity index (χ3n) is 5.66. The lowest BCUT2D eigenvalue weighted by Gasteiger charge is -2.36. The van der Waals surface area contributed by atoms with Crippen LogP contribution in [0.15, 0.2) is 48.0 Å². The van der Waals surface area contributed by atoms with E-state index in [2.05, 4.69) is 49.0 Å². The third-order valence-corrected chi connectivity index (χ3v) is 5.66. The molecule has 136 valence electrons. The van der Waals surface area contributed by atoms with E-state index in [9.17, 15) is 0 Å². The predicted octanol–water partition coefficient (Wildman–Crippen LogP) is 1.64. The van der Waals surface area contributed by atoms with Crippen molar-refractivity contribution in [2.75, 3.05) is 23.7 Å². The normalized spacial score (nSPS) is 23.6. The van der Waals surface area contributed by atoms with E-state index in [0.29, 0.717) is 6.04 Å². The second-order valence-corrected chi connectivity index (χ2v) is 7.19. The molecule has 27 heavy (non-hydrogen) atoms. The van der Waals surface area contributed by atoms with Gasteiger partial charge < -0.3 is 0 Å². The predicted molar refractivity (Wildman–Crippen MR) is 100 cm³/mol. The smallest absolute Gasteiger partial charge is 0.173 e. The standard InChI is InChI=1S/C18H19N9/c1-23-8-4-7-16(23)14-10-25(22-21-14)26-12-20-18-13-5-2-3-6-15(13)24-11-19-9-17(24)27(18)26/h2-3,5-6,9-12,16,18H,4,7-8H2,1H3. The maximum Gasteiger partial charge on any atom is 0.173 e. The molecule has 1 aromatic carbocycles. The molecule has 0 radical (unpaired) electrons. The molecule has 3 aliphatic rings. The Balaban J connectivity index is 1.40. The van der Waals surface area contributed by atoms with Gasteiger partial charge in [-0.3, -0.25) is 9.47 Å². The molecule has 1 fully saturated rings. The molecule has 1 saturated heterocycles. The van der Waals surface area contributed by atoms with Crippen molar-refractivity contribution in [3.63, 3.8) is 0 Å². The average molecular weight is 361 g/mol. The highest BCUT2D eigenvalue weighted by molar-refractivity contribution is 5.78. The number of imidazole rings is 1. The highest BCUT2D eigenvalue weighted by Crippen LogP contribution is 2.41. The first-order valence-electron chi connectivity index (χ1n) is 9.17. The van der Waals surface area contributed by atoms with Crippen LogP contribution in [0.3, 0.4) is 0 Å². The average Bonchev–Trinajstić information content (AvgIpc) is 3.46. The molecule has 2 atom stereocenters. The second kappa shape index (κ2) is 5.40. The number of aliphatic imine (C=N–C) groups is 1. The summed E-state index contributed by atoms with van der Waals surface area (Å²) in [7, 11) is 2.14. The first-order chi connectivity index (χ1) is 13.3. The minimum atomic E-state index is -0.132. The lowest BCUT2D eigenvalue weighted by molar-refractivity contribution is 0.311. The first-order valence-corrected chi connectivity index (χ1v) is 9.17. The summed E-state index contributed by atoms with van der Waals surface area (Å²) in [5.74, 6) is 0.950. The molecule has 9 nitrogen and oxygen atoms in total. The molecule has 0 amide bonds.